The molecular weight excluding hydrogens is 648 g/mol. The molecule has 204 valence electrons. The summed E-state index contributed by atoms with van der Waals surface area (Å²) in [7, 11) is 1.57. The van der Waals surface area contributed by atoms with Gasteiger partial charge in [-0.1, -0.05) is 76.6 Å². The van der Waals surface area contributed by atoms with E-state index in [0.717, 1.165) is 37.3 Å². The molecule has 4 aliphatic rings. The van der Waals surface area contributed by atoms with Gasteiger partial charge >= 0.3 is 0 Å². The molecule has 0 spiro atoms. The van der Waals surface area contributed by atoms with Crippen LogP contribution in [0.25, 0.3) is 0 Å². The molecule has 8 rings (SSSR count). The average molecular weight is 672 g/mol. The average Bonchev–Trinajstić information content (AvgIpc) is 3.25. The number of imide groups is 1. The third-order valence-electron chi connectivity index (χ3n) is 8.30. The van der Waals surface area contributed by atoms with Crippen molar-refractivity contribution in [1.82, 2.24) is 5.01 Å². The number of halogens is 2. The Balaban J connectivity index is 1.17. The van der Waals surface area contributed by atoms with Crippen molar-refractivity contribution < 1.29 is 19.1 Å². The van der Waals surface area contributed by atoms with Crippen LogP contribution in [0.2, 0.25) is 0 Å². The molecule has 2 amide bonds. The smallest absolute Gasteiger partial charge is 0.254 e. The first-order chi connectivity index (χ1) is 20.0. The number of hydrogen-bond acceptors (Lipinski definition) is 5. The normalized spacial score (nSPS) is 22.1. The lowest BCUT2D eigenvalue weighted by atomic mass is 9.55. The Bertz CT molecular complexity index is 1620. The molecule has 0 N–H and O–H groups in total. The van der Waals surface area contributed by atoms with E-state index in [1.54, 1.807) is 13.2 Å². The Morgan fingerprint density at radius 2 is 1.34 bits per heavy atom. The minimum Gasteiger partial charge on any atom is -0.493 e. The van der Waals surface area contributed by atoms with Crippen molar-refractivity contribution in [3.8, 4) is 11.5 Å². The van der Waals surface area contributed by atoms with E-state index in [4.69, 9.17) is 9.47 Å². The van der Waals surface area contributed by atoms with Gasteiger partial charge in [0.15, 0.2) is 11.5 Å². The summed E-state index contributed by atoms with van der Waals surface area (Å²) in [6.07, 6.45) is 1.53. The van der Waals surface area contributed by atoms with Crippen LogP contribution in [-0.4, -0.2) is 30.1 Å². The van der Waals surface area contributed by atoms with Crippen LogP contribution >= 0.6 is 31.9 Å². The molecule has 1 fully saturated rings. The zero-order valence-electron chi connectivity index (χ0n) is 22.0. The highest BCUT2D eigenvalue weighted by Crippen LogP contribution is 2.61. The number of ether oxygens (including phenoxy) is 2. The van der Waals surface area contributed by atoms with Gasteiger partial charge in [0.1, 0.15) is 6.61 Å². The van der Waals surface area contributed by atoms with Crippen LogP contribution in [0.4, 0.5) is 0 Å². The van der Waals surface area contributed by atoms with Crippen LogP contribution in [0.3, 0.4) is 0 Å². The van der Waals surface area contributed by atoms with Gasteiger partial charge in [0.25, 0.3) is 11.8 Å². The van der Waals surface area contributed by atoms with Crippen molar-refractivity contribution in [2.45, 2.75) is 18.4 Å². The van der Waals surface area contributed by atoms with E-state index in [1.807, 2.05) is 54.6 Å². The maximum absolute atomic E-state index is 13.8. The second kappa shape index (κ2) is 10.3. The van der Waals surface area contributed by atoms with E-state index < -0.39 is 11.8 Å². The fraction of sp³-hybridized carbons (Fsp3) is 0.182. The van der Waals surface area contributed by atoms with E-state index in [2.05, 4.69) is 61.2 Å². The molecule has 1 saturated heterocycles. The summed E-state index contributed by atoms with van der Waals surface area (Å²) >= 11 is 7.03. The van der Waals surface area contributed by atoms with Crippen LogP contribution in [0.15, 0.2) is 99.0 Å². The minimum absolute atomic E-state index is 0.162. The number of rotatable bonds is 6. The number of benzene rings is 4. The van der Waals surface area contributed by atoms with Gasteiger partial charge in [-0.25, -0.2) is 0 Å². The number of carbonyl (C=O) groups is 2. The van der Waals surface area contributed by atoms with Crippen LogP contribution in [0.1, 0.15) is 45.2 Å². The lowest BCUT2D eigenvalue weighted by Gasteiger charge is -2.45. The summed E-state index contributed by atoms with van der Waals surface area (Å²) < 4.78 is 13.3. The first-order valence-corrected chi connectivity index (χ1v) is 14.9. The minimum atomic E-state index is -0.467. The summed E-state index contributed by atoms with van der Waals surface area (Å²) in [5.74, 6) is -0.703. The fourth-order valence-corrected chi connectivity index (χ4v) is 7.43. The van der Waals surface area contributed by atoms with E-state index in [9.17, 15) is 9.59 Å². The quantitative estimate of drug-likeness (QED) is 0.163. The van der Waals surface area contributed by atoms with Crippen molar-refractivity contribution >= 4 is 49.9 Å². The molecule has 8 heteroatoms. The topological polar surface area (TPSA) is 68.2 Å². The van der Waals surface area contributed by atoms with E-state index in [0.29, 0.717) is 28.1 Å². The molecule has 0 aromatic heterocycles. The summed E-state index contributed by atoms with van der Waals surface area (Å²) in [5, 5.41) is 5.51. The third-order valence-corrected chi connectivity index (χ3v) is 9.41. The SMILES string of the molecule is COc1cc(/C=N\N2C(=O)[C@@H]3C4c5ccccc5C(c5ccccc54)[C@H]3C2=O)cc(Br)c1OCc1ccc(Br)cc1. The van der Waals surface area contributed by atoms with Gasteiger partial charge in [-0.15, -0.1) is 0 Å². The van der Waals surface area contributed by atoms with Crippen molar-refractivity contribution in [2.24, 2.45) is 16.9 Å². The summed E-state index contributed by atoms with van der Waals surface area (Å²) in [6.45, 7) is 0.363. The molecule has 2 atom stereocenters. The zero-order chi connectivity index (χ0) is 28.2. The Kier molecular flexibility index (Phi) is 6.55. The standard InChI is InChI=1S/C33H24Br2N2O4/c1-40-26-15-19(14-25(35)31(26)41-17-18-10-12-20(34)13-11-18)16-36-37-32(38)29-27-21-6-2-3-7-22(21)28(30(29)33(37)39)24-9-5-4-8-23(24)27/h2-16,27-30H,17H2,1H3/b36-16-/t27?,28?,29-,30-/m1/s1. The van der Waals surface area contributed by atoms with Crippen LogP contribution in [0, 0.1) is 11.8 Å². The van der Waals surface area contributed by atoms with Gasteiger partial charge in [-0.05, 0) is 73.6 Å². The molecule has 3 aliphatic carbocycles. The molecule has 0 unspecified atom stereocenters. The zero-order valence-corrected chi connectivity index (χ0v) is 25.1. The lowest BCUT2D eigenvalue weighted by Crippen LogP contribution is -2.41. The van der Waals surface area contributed by atoms with Crippen molar-refractivity contribution in [2.75, 3.05) is 7.11 Å². The van der Waals surface area contributed by atoms with E-state index in [1.165, 1.54) is 6.21 Å². The van der Waals surface area contributed by atoms with Crippen molar-refractivity contribution in [1.29, 1.82) is 0 Å². The molecule has 1 aliphatic heterocycles. The third kappa shape index (κ3) is 4.23. The van der Waals surface area contributed by atoms with Crippen LogP contribution in [0.5, 0.6) is 11.5 Å². The number of nitrogens with zero attached hydrogens (tertiary/aromatic N) is 2. The summed E-state index contributed by atoms with van der Waals surface area (Å²) in [5.41, 5.74) is 6.22. The van der Waals surface area contributed by atoms with Gasteiger partial charge in [-0.2, -0.15) is 10.1 Å². The number of methoxy groups -OCH3 is 1. The molecule has 4 aromatic carbocycles. The largest absolute Gasteiger partial charge is 0.493 e. The summed E-state index contributed by atoms with van der Waals surface area (Å²) in [4.78, 5) is 27.6. The molecule has 2 bridgehead atoms. The first-order valence-electron chi connectivity index (χ1n) is 13.3. The number of hydrazone groups is 1. The molecular formula is C33H24Br2N2O4. The highest BCUT2D eigenvalue weighted by Gasteiger charge is 2.61. The van der Waals surface area contributed by atoms with Gasteiger partial charge in [0.05, 0.1) is 29.6 Å². The first kappa shape index (κ1) is 26.2. The number of hydrogen-bond donors (Lipinski definition) is 0. The Morgan fingerprint density at radius 3 is 1.85 bits per heavy atom. The van der Waals surface area contributed by atoms with Gasteiger partial charge in [-0.3, -0.25) is 9.59 Å². The van der Waals surface area contributed by atoms with Crippen molar-refractivity contribution in [3.05, 3.63) is 127 Å². The molecule has 6 nitrogen and oxygen atoms in total. The highest BCUT2D eigenvalue weighted by atomic mass is 79.9. The van der Waals surface area contributed by atoms with E-state index in [-0.39, 0.29) is 23.7 Å². The fourth-order valence-electron chi connectivity index (χ4n) is 6.59. The second-order valence-electron chi connectivity index (χ2n) is 10.4. The maximum atomic E-state index is 13.8. The maximum Gasteiger partial charge on any atom is 0.254 e. The van der Waals surface area contributed by atoms with Crippen LogP contribution in [-0.2, 0) is 16.2 Å². The van der Waals surface area contributed by atoms with Gasteiger partial charge in [0, 0.05) is 16.3 Å². The van der Waals surface area contributed by atoms with E-state index >= 15 is 0 Å². The summed E-state index contributed by atoms with van der Waals surface area (Å²) in [6, 6.07) is 27.9. The van der Waals surface area contributed by atoms with Crippen molar-refractivity contribution in [3.63, 3.8) is 0 Å². The molecule has 0 radical (unpaired) electrons. The molecule has 41 heavy (non-hydrogen) atoms. The Morgan fingerprint density at radius 1 is 0.805 bits per heavy atom. The predicted octanol–water partition coefficient (Wildman–Crippen LogP) is 7.03. The number of amides is 2. The second-order valence-corrected chi connectivity index (χ2v) is 12.2. The van der Waals surface area contributed by atoms with Gasteiger partial charge in [0.2, 0.25) is 0 Å². The Hall–Kier alpha value is -3.75. The molecule has 4 aromatic rings. The number of carbonyl (C=O) groups excluding carboxylic acids is 2. The monoisotopic (exact) mass is 670 g/mol. The molecule has 1 heterocycles. The highest BCUT2D eigenvalue weighted by molar-refractivity contribution is 9.10. The van der Waals surface area contributed by atoms with Gasteiger partial charge < -0.3 is 9.47 Å². The Labute approximate surface area is 254 Å². The van der Waals surface area contributed by atoms with Crippen LogP contribution < -0.4 is 9.47 Å². The predicted molar refractivity (Wildman–Crippen MR) is 162 cm³/mol. The molecule has 0 saturated carbocycles. The lowest BCUT2D eigenvalue weighted by molar-refractivity contribution is -0.139.